The van der Waals surface area contributed by atoms with Gasteiger partial charge in [0.2, 0.25) is 0 Å². The number of aryl methyl sites for hydroxylation is 1. The molecule has 17 heavy (non-hydrogen) atoms. The second kappa shape index (κ2) is 5.40. The Kier molecular flexibility index (Phi) is 4.17. The fourth-order valence-corrected chi connectivity index (χ4v) is 1.47. The van der Waals surface area contributed by atoms with Gasteiger partial charge in [-0.15, -0.1) is 0 Å². The fourth-order valence-electron chi connectivity index (χ4n) is 1.47. The quantitative estimate of drug-likeness (QED) is 0.608. The van der Waals surface area contributed by atoms with Crippen molar-refractivity contribution in [3.63, 3.8) is 0 Å². The molecule has 3 N–H and O–H groups in total. The summed E-state index contributed by atoms with van der Waals surface area (Å²) in [6.07, 6.45) is 0.611. The van der Waals surface area contributed by atoms with Gasteiger partial charge in [0.05, 0.1) is 22.9 Å². The number of nitrogens with two attached hydrogens (primary N) is 1. The smallest absolute Gasteiger partial charge is 0.290 e. The third-order valence-corrected chi connectivity index (χ3v) is 2.53. The molecule has 0 saturated heterocycles. The Balaban J connectivity index is 3.22. The highest BCUT2D eigenvalue weighted by Crippen LogP contribution is 2.20. The van der Waals surface area contributed by atoms with Gasteiger partial charge in [-0.1, -0.05) is 6.92 Å². The first-order valence-corrected chi connectivity index (χ1v) is 5.22. The van der Waals surface area contributed by atoms with Crippen molar-refractivity contribution in [2.75, 3.05) is 6.61 Å². The maximum Gasteiger partial charge on any atom is 0.290 e. The summed E-state index contributed by atoms with van der Waals surface area (Å²) in [4.78, 5) is 14.2. The van der Waals surface area contributed by atoms with Crippen molar-refractivity contribution in [2.24, 2.45) is 5.73 Å². The highest BCUT2D eigenvalue weighted by molar-refractivity contribution is 5.64. The number of pyridine rings is 1. The molecule has 6 nitrogen and oxygen atoms in total. The van der Waals surface area contributed by atoms with Crippen LogP contribution in [0.4, 0.5) is 5.69 Å². The lowest BCUT2D eigenvalue weighted by Gasteiger charge is -2.08. The molecule has 0 aromatic carbocycles. The summed E-state index contributed by atoms with van der Waals surface area (Å²) in [5, 5.41) is 19.7. The van der Waals surface area contributed by atoms with Gasteiger partial charge in [-0.3, -0.25) is 10.1 Å². The van der Waals surface area contributed by atoms with Crippen molar-refractivity contribution < 1.29 is 10.0 Å². The van der Waals surface area contributed by atoms with E-state index < -0.39 is 4.92 Å². The molecule has 0 unspecified atom stereocenters. The minimum atomic E-state index is -0.487. The lowest BCUT2D eigenvalue weighted by Crippen LogP contribution is -2.07. The molecule has 0 saturated carbocycles. The van der Waals surface area contributed by atoms with Crippen molar-refractivity contribution >= 4 is 11.4 Å². The molecule has 0 atom stereocenters. The van der Waals surface area contributed by atoms with Gasteiger partial charge in [0.25, 0.3) is 5.69 Å². The minimum absolute atomic E-state index is 0.0383. The fraction of sp³-hybridized carbons (Fsp3) is 0.364. The SMILES string of the molecule is CC/C(CO)=C(\N)c1ccc([N+](=O)[O-])c(C)n1. The molecule has 6 heteroatoms. The van der Waals surface area contributed by atoms with Crippen LogP contribution >= 0.6 is 0 Å². The van der Waals surface area contributed by atoms with Gasteiger partial charge in [0.1, 0.15) is 5.69 Å². The van der Waals surface area contributed by atoms with E-state index in [1.54, 1.807) is 6.92 Å². The highest BCUT2D eigenvalue weighted by atomic mass is 16.6. The third-order valence-electron chi connectivity index (χ3n) is 2.53. The van der Waals surface area contributed by atoms with Gasteiger partial charge in [-0.05, 0) is 25.0 Å². The molecule has 1 rings (SSSR count). The van der Waals surface area contributed by atoms with E-state index in [4.69, 9.17) is 10.8 Å². The van der Waals surface area contributed by atoms with E-state index in [9.17, 15) is 10.1 Å². The molecule has 0 aliphatic carbocycles. The third kappa shape index (κ3) is 2.79. The second-order valence-corrected chi connectivity index (χ2v) is 3.59. The van der Waals surface area contributed by atoms with Gasteiger partial charge >= 0.3 is 0 Å². The van der Waals surface area contributed by atoms with Crippen molar-refractivity contribution in [2.45, 2.75) is 20.3 Å². The number of hydrogen-bond acceptors (Lipinski definition) is 5. The van der Waals surface area contributed by atoms with Gasteiger partial charge < -0.3 is 10.8 Å². The normalized spacial score (nSPS) is 12.2. The molecule has 0 aliphatic heterocycles. The van der Waals surface area contributed by atoms with E-state index in [0.717, 1.165) is 0 Å². The first kappa shape index (κ1) is 13.1. The molecule has 0 amide bonds. The van der Waals surface area contributed by atoms with Gasteiger partial charge in [-0.2, -0.15) is 0 Å². The number of nitrogens with zero attached hydrogens (tertiary/aromatic N) is 2. The predicted octanol–water partition coefficient (Wildman–Crippen LogP) is 1.37. The standard InChI is InChI=1S/C11H15N3O3/c1-3-8(6-15)11(12)9-4-5-10(14(16)17)7(2)13-9/h4-5,15H,3,6,12H2,1-2H3/b11-8+. The monoisotopic (exact) mass is 237 g/mol. The summed E-state index contributed by atoms with van der Waals surface area (Å²) < 4.78 is 0. The van der Waals surface area contributed by atoms with E-state index >= 15 is 0 Å². The highest BCUT2D eigenvalue weighted by Gasteiger charge is 2.13. The molecule has 1 aromatic rings. The van der Waals surface area contributed by atoms with Crippen LogP contribution < -0.4 is 5.73 Å². The zero-order valence-electron chi connectivity index (χ0n) is 9.80. The summed E-state index contributed by atoms with van der Waals surface area (Å²) in [6.45, 7) is 3.29. The van der Waals surface area contributed by atoms with Crippen LogP contribution in [0.3, 0.4) is 0 Å². The van der Waals surface area contributed by atoms with Crippen molar-refractivity contribution in [1.82, 2.24) is 4.98 Å². The lowest BCUT2D eigenvalue weighted by atomic mass is 10.1. The number of aliphatic hydroxyl groups is 1. The largest absolute Gasteiger partial charge is 0.397 e. The van der Waals surface area contributed by atoms with Crippen LogP contribution in [-0.4, -0.2) is 21.6 Å². The maximum absolute atomic E-state index is 10.6. The minimum Gasteiger partial charge on any atom is -0.397 e. The average Bonchev–Trinajstić information content (AvgIpc) is 2.29. The lowest BCUT2D eigenvalue weighted by molar-refractivity contribution is -0.385. The Hall–Kier alpha value is -1.95. The van der Waals surface area contributed by atoms with Crippen LogP contribution in [0.1, 0.15) is 24.7 Å². The zero-order valence-corrected chi connectivity index (χ0v) is 9.80. The van der Waals surface area contributed by atoms with Gasteiger partial charge in [-0.25, -0.2) is 4.98 Å². The summed E-state index contributed by atoms with van der Waals surface area (Å²) in [6, 6.07) is 2.86. The molecular formula is C11H15N3O3. The Labute approximate surface area is 98.9 Å². The molecule has 0 radical (unpaired) electrons. The predicted molar refractivity (Wildman–Crippen MR) is 64.1 cm³/mol. The van der Waals surface area contributed by atoms with Crippen LogP contribution in [0.25, 0.3) is 5.70 Å². The van der Waals surface area contributed by atoms with Crippen molar-refractivity contribution in [1.29, 1.82) is 0 Å². The maximum atomic E-state index is 10.6. The summed E-state index contributed by atoms with van der Waals surface area (Å²) >= 11 is 0. The van der Waals surface area contributed by atoms with Crippen molar-refractivity contribution in [3.8, 4) is 0 Å². The summed E-state index contributed by atoms with van der Waals surface area (Å²) in [5.74, 6) is 0. The number of nitro groups is 1. The molecule has 1 aromatic heterocycles. The van der Waals surface area contributed by atoms with E-state index in [1.807, 2.05) is 6.92 Å². The molecule has 0 bridgehead atoms. The molecule has 1 heterocycles. The van der Waals surface area contributed by atoms with Crippen LogP contribution in [0.5, 0.6) is 0 Å². The van der Waals surface area contributed by atoms with E-state index in [0.29, 0.717) is 29.1 Å². The molecule has 0 aliphatic rings. The summed E-state index contributed by atoms with van der Waals surface area (Å²) in [7, 11) is 0. The van der Waals surface area contributed by atoms with E-state index in [-0.39, 0.29) is 12.3 Å². The number of aliphatic hydroxyl groups excluding tert-OH is 1. The van der Waals surface area contributed by atoms with Crippen LogP contribution in [0, 0.1) is 17.0 Å². The Morgan fingerprint density at radius 3 is 2.65 bits per heavy atom. The van der Waals surface area contributed by atoms with Crippen molar-refractivity contribution in [3.05, 3.63) is 39.2 Å². The van der Waals surface area contributed by atoms with Gasteiger partial charge in [0, 0.05) is 6.07 Å². The first-order valence-electron chi connectivity index (χ1n) is 5.22. The van der Waals surface area contributed by atoms with Gasteiger partial charge in [0.15, 0.2) is 0 Å². The summed E-state index contributed by atoms with van der Waals surface area (Å²) in [5.41, 5.74) is 7.63. The first-order chi connectivity index (χ1) is 8.01. The molecule has 92 valence electrons. The van der Waals surface area contributed by atoms with Crippen LogP contribution in [0.2, 0.25) is 0 Å². The molecule has 0 fully saturated rings. The zero-order chi connectivity index (χ0) is 13.0. The second-order valence-electron chi connectivity index (χ2n) is 3.59. The number of aromatic nitrogens is 1. The van der Waals surface area contributed by atoms with E-state index in [1.165, 1.54) is 12.1 Å². The Morgan fingerprint density at radius 2 is 2.24 bits per heavy atom. The Bertz CT molecular complexity index is 463. The molecular weight excluding hydrogens is 222 g/mol. The molecule has 0 spiro atoms. The van der Waals surface area contributed by atoms with Crippen LogP contribution in [-0.2, 0) is 0 Å². The number of rotatable bonds is 4. The van der Waals surface area contributed by atoms with Crippen LogP contribution in [0.15, 0.2) is 17.7 Å². The number of hydrogen-bond donors (Lipinski definition) is 2. The van der Waals surface area contributed by atoms with E-state index in [2.05, 4.69) is 4.98 Å². The average molecular weight is 237 g/mol. The topological polar surface area (TPSA) is 102 Å². The Morgan fingerprint density at radius 1 is 1.59 bits per heavy atom.